The second kappa shape index (κ2) is 11.3. The zero-order valence-electron chi connectivity index (χ0n) is 19.5. The Morgan fingerprint density at radius 3 is 2.30 bits per heavy atom. The molecule has 3 aromatic rings. The molecule has 0 aliphatic carbocycles. The third-order valence-electron chi connectivity index (χ3n) is 6.03. The minimum atomic E-state index is -3.86. The van der Waals surface area contributed by atoms with E-state index in [1.807, 2.05) is 0 Å². The van der Waals surface area contributed by atoms with Gasteiger partial charge in [0.25, 0.3) is 6.47 Å². The van der Waals surface area contributed by atoms with E-state index in [0.717, 1.165) is 32.3 Å². The number of hydrogen-bond acceptors (Lipinski definition) is 11. The average molecular weight is 529 g/mol. The number of carbonyl (C=O) groups excluding carboxylic acids is 1. The van der Waals surface area contributed by atoms with Gasteiger partial charge in [0.2, 0.25) is 9.84 Å². The number of carbonyl (C=O) groups is 1. The second-order valence-electron chi connectivity index (χ2n) is 8.39. The van der Waals surface area contributed by atoms with Crippen LogP contribution in [0.1, 0.15) is 31.1 Å². The number of benzene rings is 2. The molecule has 1 unspecified atom stereocenters. The molecule has 194 valence electrons. The molecule has 1 saturated heterocycles. The molecule has 2 heterocycles. The van der Waals surface area contributed by atoms with Crippen LogP contribution in [-0.2, 0) is 19.4 Å². The molecule has 1 fully saturated rings. The van der Waals surface area contributed by atoms with Gasteiger partial charge in [-0.15, -0.1) is 0 Å². The molecule has 1 atom stereocenters. The summed E-state index contributed by atoms with van der Waals surface area (Å²) in [6, 6.07) is 10.4. The third kappa shape index (κ3) is 6.01. The summed E-state index contributed by atoms with van der Waals surface area (Å²) in [6.45, 7) is 1.85. The van der Waals surface area contributed by atoms with Crippen LogP contribution in [0.2, 0.25) is 0 Å². The topological polar surface area (TPSA) is 171 Å². The molecule has 0 radical (unpaired) electrons. The standard InChI is InChI=1S/C24H24N4O8S/c29-15-35-21(13-16-9-11-25-12-10-16)22-23(28(31)32)24(27-14-26-22)36-18-3-7-20(8-4-18)37(33,34)19-5-1-17(30)2-6-19/h1-8,14-16,21,25,30H,9-13H2. The number of rotatable bonds is 10. The second-order valence-corrected chi connectivity index (χ2v) is 10.3. The Kier molecular flexibility index (Phi) is 7.94. The number of nitro groups is 1. The van der Waals surface area contributed by atoms with Crippen LogP contribution in [0.4, 0.5) is 5.69 Å². The number of aromatic hydroxyl groups is 1. The first kappa shape index (κ1) is 26.0. The molecular weight excluding hydrogens is 504 g/mol. The molecule has 0 spiro atoms. The highest BCUT2D eigenvalue weighted by Crippen LogP contribution is 2.38. The van der Waals surface area contributed by atoms with Crippen LogP contribution >= 0.6 is 0 Å². The summed E-state index contributed by atoms with van der Waals surface area (Å²) in [5, 5.41) is 24.6. The van der Waals surface area contributed by atoms with Gasteiger partial charge in [-0.2, -0.15) is 4.98 Å². The van der Waals surface area contributed by atoms with Gasteiger partial charge in [0.1, 0.15) is 17.8 Å². The molecule has 0 saturated carbocycles. The molecule has 2 N–H and O–H groups in total. The van der Waals surface area contributed by atoms with Gasteiger partial charge in [-0.1, -0.05) is 0 Å². The Labute approximate surface area is 212 Å². The van der Waals surface area contributed by atoms with E-state index in [1.54, 1.807) is 0 Å². The molecule has 4 rings (SSSR count). The first-order valence-corrected chi connectivity index (χ1v) is 12.9. The molecule has 1 aliphatic heterocycles. The average Bonchev–Trinajstić information content (AvgIpc) is 2.89. The summed E-state index contributed by atoms with van der Waals surface area (Å²) in [7, 11) is -3.86. The highest BCUT2D eigenvalue weighted by atomic mass is 32.2. The molecule has 1 aliphatic rings. The number of aromatic nitrogens is 2. The maximum atomic E-state index is 12.8. The Hall–Kier alpha value is -4.10. The fourth-order valence-corrected chi connectivity index (χ4v) is 5.40. The van der Waals surface area contributed by atoms with E-state index in [4.69, 9.17) is 9.47 Å². The van der Waals surface area contributed by atoms with Crippen LogP contribution < -0.4 is 10.1 Å². The van der Waals surface area contributed by atoms with Crippen LogP contribution in [0.5, 0.6) is 17.4 Å². The first-order valence-electron chi connectivity index (χ1n) is 11.4. The first-order chi connectivity index (χ1) is 17.8. The van der Waals surface area contributed by atoms with E-state index in [-0.39, 0.29) is 45.3 Å². The normalized spacial score (nSPS) is 15.0. The van der Waals surface area contributed by atoms with Crippen LogP contribution in [0.15, 0.2) is 64.6 Å². The van der Waals surface area contributed by atoms with Crippen LogP contribution in [0.25, 0.3) is 0 Å². The molecule has 37 heavy (non-hydrogen) atoms. The van der Waals surface area contributed by atoms with Gasteiger partial charge in [-0.25, -0.2) is 13.4 Å². The highest BCUT2D eigenvalue weighted by Gasteiger charge is 2.33. The molecule has 13 heteroatoms. The Balaban J connectivity index is 1.60. The Morgan fingerprint density at radius 2 is 1.70 bits per heavy atom. The Morgan fingerprint density at radius 1 is 1.08 bits per heavy atom. The minimum absolute atomic E-state index is 0.00925. The summed E-state index contributed by atoms with van der Waals surface area (Å²) in [6.07, 6.45) is 2.16. The maximum Gasteiger partial charge on any atom is 0.356 e. The van der Waals surface area contributed by atoms with Crippen molar-refractivity contribution in [1.82, 2.24) is 15.3 Å². The number of nitrogens with zero attached hydrogens (tertiary/aromatic N) is 3. The van der Waals surface area contributed by atoms with Crippen molar-refractivity contribution in [3.8, 4) is 17.4 Å². The molecule has 12 nitrogen and oxygen atoms in total. The maximum absolute atomic E-state index is 12.8. The van der Waals surface area contributed by atoms with Crippen molar-refractivity contribution >= 4 is 22.0 Å². The highest BCUT2D eigenvalue weighted by molar-refractivity contribution is 7.91. The van der Waals surface area contributed by atoms with E-state index in [0.29, 0.717) is 6.42 Å². The van der Waals surface area contributed by atoms with Gasteiger partial charge in [-0.05, 0) is 86.8 Å². The molecule has 0 amide bonds. The zero-order chi connectivity index (χ0) is 26.4. The largest absolute Gasteiger partial charge is 0.508 e. The van der Waals surface area contributed by atoms with Gasteiger partial charge in [0.15, 0.2) is 11.8 Å². The molecule has 2 aromatic carbocycles. The minimum Gasteiger partial charge on any atom is -0.508 e. The molecular formula is C24H24N4O8S. The monoisotopic (exact) mass is 528 g/mol. The van der Waals surface area contributed by atoms with Crippen molar-refractivity contribution in [2.45, 2.75) is 35.2 Å². The predicted octanol–water partition coefficient (Wildman–Crippen LogP) is 3.32. The molecule has 1 aromatic heterocycles. The summed E-state index contributed by atoms with van der Waals surface area (Å²) >= 11 is 0. The van der Waals surface area contributed by atoms with Gasteiger partial charge in [0, 0.05) is 0 Å². The smallest absolute Gasteiger partial charge is 0.356 e. The number of nitrogens with one attached hydrogen (secondary N) is 1. The van der Waals surface area contributed by atoms with Crippen LogP contribution in [0, 0.1) is 16.0 Å². The number of phenolic OH excluding ortho intramolecular Hbond substituents is 1. The fraction of sp³-hybridized carbons (Fsp3) is 0.292. The lowest BCUT2D eigenvalue weighted by Gasteiger charge is -2.25. The van der Waals surface area contributed by atoms with Crippen molar-refractivity contribution in [2.75, 3.05) is 13.1 Å². The van der Waals surface area contributed by atoms with Crippen molar-refractivity contribution in [1.29, 1.82) is 0 Å². The summed E-state index contributed by atoms with van der Waals surface area (Å²) in [5.41, 5.74) is -0.615. The summed E-state index contributed by atoms with van der Waals surface area (Å²) < 4.78 is 36.5. The number of piperidine rings is 1. The van der Waals surface area contributed by atoms with Gasteiger partial charge in [-0.3, -0.25) is 14.9 Å². The van der Waals surface area contributed by atoms with E-state index in [2.05, 4.69) is 15.3 Å². The van der Waals surface area contributed by atoms with E-state index >= 15 is 0 Å². The van der Waals surface area contributed by atoms with Crippen molar-refractivity contribution in [3.63, 3.8) is 0 Å². The van der Waals surface area contributed by atoms with Gasteiger partial charge >= 0.3 is 11.6 Å². The molecule has 0 bridgehead atoms. The van der Waals surface area contributed by atoms with Gasteiger partial charge < -0.3 is 19.9 Å². The number of hydrogen-bond donors (Lipinski definition) is 2. The number of phenols is 1. The van der Waals surface area contributed by atoms with E-state index < -0.39 is 26.6 Å². The SMILES string of the molecule is O=COC(CC1CCNCC1)c1ncnc(Oc2ccc(S(=O)(=O)c3ccc(O)cc3)cc2)c1[N+](=O)[O-]. The van der Waals surface area contributed by atoms with E-state index in [1.165, 1.54) is 48.5 Å². The lowest BCUT2D eigenvalue weighted by Crippen LogP contribution is -2.29. The fourth-order valence-electron chi connectivity index (χ4n) is 4.14. The van der Waals surface area contributed by atoms with Crippen molar-refractivity contribution in [2.24, 2.45) is 5.92 Å². The quantitative estimate of drug-likeness (QED) is 0.225. The summed E-state index contributed by atoms with van der Waals surface area (Å²) in [4.78, 5) is 30.4. The van der Waals surface area contributed by atoms with Crippen LogP contribution in [0.3, 0.4) is 0 Å². The lowest BCUT2D eigenvalue weighted by atomic mass is 9.90. The predicted molar refractivity (Wildman–Crippen MR) is 129 cm³/mol. The van der Waals surface area contributed by atoms with Crippen molar-refractivity contribution in [3.05, 3.63) is 70.7 Å². The number of sulfone groups is 1. The van der Waals surface area contributed by atoms with Gasteiger partial charge in [0.05, 0.1) is 14.7 Å². The van der Waals surface area contributed by atoms with Crippen molar-refractivity contribution < 1.29 is 32.7 Å². The Bertz CT molecular complexity index is 1360. The summed E-state index contributed by atoms with van der Waals surface area (Å²) in [5.74, 6) is -0.143. The number of ether oxygens (including phenoxy) is 2. The lowest BCUT2D eigenvalue weighted by molar-refractivity contribution is -0.387. The van der Waals surface area contributed by atoms with E-state index in [9.17, 15) is 28.4 Å². The zero-order valence-corrected chi connectivity index (χ0v) is 20.3. The third-order valence-corrected chi connectivity index (χ3v) is 7.81. The van der Waals surface area contributed by atoms with Crippen LogP contribution in [-0.4, -0.2) is 48.0 Å².